The normalized spacial score (nSPS) is 20.5. The molecule has 0 bridgehead atoms. The number of methoxy groups -OCH3 is 2. The molecule has 2 atom stereocenters. The molecular formula is C19H19F4NO4. The predicted molar refractivity (Wildman–Crippen MR) is 88.2 cm³/mol. The zero-order chi connectivity index (χ0) is 21.2. The van der Waals surface area contributed by atoms with Crippen LogP contribution in [0.15, 0.2) is 11.8 Å². The van der Waals surface area contributed by atoms with Crippen molar-refractivity contribution in [3.63, 3.8) is 0 Å². The summed E-state index contributed by atoms with van der Waals surface area (Å²) in [5, 5.41) is 8.90. The lowest BCUT2D eigenvalue weighted by molar-refractivity contribution is -0.147. The van der Waals surface area contributed by atoms with Crippen molar-refractivity contribution in [1.82, 2.24) is 0 Å². The van der Waals surface area contributed by atoms with E-state index in [1.54, 1.807) is 13.8 Å². The first-order valence-electron chi connectivity index (χ1n) is 8.26. The van der Waals surface area contributed by atoms with E-state index < -0.39 is 64.9 Å². The lowest BCUT2D eigenvalue weighted by atomic mass is 10.1. The molecule has 152 valence electrons. The van der Waals surface area contributed by atoms with Crippen LogP contribution in [-0.4, -0.2) is 20.2 Å². The molecule has 5 nitrogen and oxygen atoms in total. The fourth-order valence-corrected chi connectivity index (χ4v) is 3.11. The van der Waals surface area contributed by atoms with E-state index in [1.165, 1.54) is 13.2 Å². The summed E-state index contributed by atoms with van der Waals surface area (Å²) in [6.07, 6.45) is 1.46. The minimum absolute atomic E-state index is 0.0170. The molecule has 1 fully saturated rings. The molecule has 0 N–H and O–H groups in total. The predicted octanol–water partition coefficient (Wildman–Crippen LogP) is 3.76. The summed E-state index contributed by atoms with van der Waals surface area (Å²) in [7, 11) is 2.42. The molecule has 9 heteroatoms. The standard InChI is InChI=1S/C19H19F4NO4/c1-19(2)12(5-9(6-24)27-4)13(19)18(25)28-8-11-16(22)14(20)10(7-26-3)15(21)17(11)23/h5,12-13H,7-8H2,1-4H3/t12-,13+/m1/s1. The Morgan fingerprint density at radius 1 is 1.07 bits per heavy atom. The second-order valence-electron chi connectivity index (χ2n) is 6.93. The SMILES string of the molecule is COCc1c(F)c(F)c(COC(=O)[C@@H]2[C@@H](C=C(C#N)OC)C2(C)C)c(F)c1F. The van der Waals surface area contributed by atoms with Crippen LogP contribution >= 0.6 is 0 Å². The number of hydrogen-bond acceptors (Lipinski definition) is 5. The zero-order valence-corrected chi connectivity index (χ0v) is 15.7. The summed E-state index contributed by atoms with van der Waals surface area (Å²) in [6, 6.07) is 1.82. The van der Waals surface area contributed by atoms with Gasteiger partial charge in [-0.2, -0.15) is 5.26 Å². The summed E-state index contributed by atoms with van der Waals surface area (Å²) < 4.78 is 70.3. The third-order valence-electron chi connectivity index (χ3n) is 4.92. The van der Waals surface area contributed by atoms with Crippen LogP contribution in [0.1, 0.15) is 25.0 Å². The fraction of sp³-hybridized carbons (Fsp3) is 0.474. The van der Waals surface area contributed by atoms with Gasteiger partial charge in [-0.05, 0) is 11.5 Å². The summed E-state index contributed by atoms with van der Waals surface area (Å²) in [4.78, 5) is 12.3. The van der Waals surface area contributed by atoms with Gasteiger partial charge in [0.25, 0.3) is 0 Å². The van der Waals surface area contributed by atoms with Gasteiger partial charge in [0, 0.05) is 13.0 Å². The van der Waals surface area contributed by atoms with Crippen LogP contribution in [0.2, 0.25) is 0 Å². The van der Waals surface area contributed by atoms with Gasteiger partial charge in [0.1, 0.15) is 12.7 Å². The van der Waals surface area contributed by atoms with Crippen molar-refractivity contribution in [1.29, 1.82) is 5.26 Å². The molecule has 0 unspecified atom stereocenters. The highest BCUT2D eigenvalue weighted by atomic mass is 19.2. The number of carbonyl (C=O) groups excluding carboxylic acids is 1. The third kappa shape index (κ3) is 3.83. The van der Waals surface area contributed by atoms with Gasteiger partial charge >= 0.3 is 5.97 Å². The Morgan fingerprint density at radius 3 is 2.00 bits per heavy atom. The fourth-order valence-electron chi connectivity index (χ4n) is 3.11. The number of nitrogens with zero attached hydrogens (tertiary/aromatic N) is 1. The zero-order valence-electron chi connectivity index (χ0n) is 15.7. The average Bonchev–Trinajstić information content (AvgIpc) is 3.21. The molecular weight excluding hydrogens is 382 g/mol. The van der Waals surface area contributed by atoms with E-state index in [0.29, 0.717) is 0 Å². The molecule has 1 saturated carbocycles. The first-order chi connectivity index (χ1) is 13.1. The molecule has 1 aliphatic rings. The van der Waals surface area contributed by atoms with Crippen molar-refractivity contribution in [2.75, 3.05) is 14.2 Å². The van der Waals surface area contributed by atoms with Crippen LogP contribution in [0.5, 0.6) is 0 Å². The van der Waals surface area contributed by atoms with Crippen molar-refractivity contribution < 1.29 is 36.6 Å². The Hall–Kier alpha value is -2.60. The summed E-state index contributed by atoms with van der Waals surface area (Å²) >= 11 is 0. The quantitative estimate of drug-likeness (QED) is 0.229. The van der Waals surface area contributed by atoms with E-state index in [0.717, 1.165) is 7.11 Å². The molecule has 1 aromatic rings. The molecule has 1 aliphatic carbocycles. The summed E-state index contributed by atoms with van der Waals surface area (Å²) in [5.74, 6) is -8.35. The smallest absolute Gasteiger partial charge is 0.310 e. The Bertz CT molecular complexity index is 831. The highest BCUT2D eigenvalue weighted by molar-refractivity contribution is 5.78. The number of ether oxygens (including phenoxy) is 3. The molecule has 0 amide bonds. The van der Waals surface area contributed by atoms with E-state index in [-0.39, 0.29) is 11.7 Å². The molecule has 0 aliphatic heterocycles. The van der Waals surface area contributed by atoms with Crippen molar-refractivity contribution in [2.45, 2.75) is 27.1 Å². The van der Waals surface area contributed by atoms with Crippen LogP contribution in [0, 0.1) is 51.9 Å². The molecule has 0 saturated heterocycles. The summed E-state index contributed by atoms with van der Waals surface area (Å²) in [6.45, 7) is 1.85. The van der Waals surface area contributed by atoms with Crippen LogP contribution < -0.4 is 0 Å². The number of nitriles is 1. The van der Waals surface area contributed by atoms with Gasteiger partial charge in [-0.15, -0.1) is 0 Å². The number of allylic oxidation sites excluding steroid dienone is 2. The second-order valence-corrected chi connectivity index (χ2v) is 6.93. The molecule has 0 radical (unpaired) electrons. The van der Waals surface area contributed by atoms with E-state index in [2.05, 4.69) is 4.74 Å². The molecule has 28 heavy (non-hydrogen) atoms. The van der Waals surface area contributed by atoms with Crippen LogP contribution in [-0.2, 0) is 32.2 Å². The number of benzene rings is 1. The van der Waals surface area contributed by atoms with E-state index in [4.69, 9.17) is 14.7 Å². The van der Waals surface area contributed by atoms with Crippen LogP contribution in [0.4, 0.5) is 17.6 Å². The minimum atomic E-state index is -1.64. The van der Waals surface area contributed by atoms with Crippen LogP contribution in [0.3, 0.4) is 0 Å². The third-order valence-corrected chi connectivity index (χ3v) is 4.92. The van der Waals surface area contributed by atoms with E-state index in [9.17, 15) is 22.4 Å². The van der Waals surface area contributed by atoms with Gasteiger partial charge in [-0.25, -0.2) is 17.6 Å². The molecule has 2 rings (SSSR count). The van der Waals surface area contributed by atoms with Crippen LogP contribution in [0.25, 0.3) is 0 Å². The lowest BCUT2D eigenvalue weighted by Crippen LogP contribution is -2.15. The Balaban J connectivity index is 2.18. The monoisotopic (exact) mass is 401 g/mol. The highest BCUT2D eigenvalue weighted by Gasteiger charge is 2.62. The van der Waals surface area contributed by atoms with Crippen molar-refractivity contribution in [3.05, 3.63) is 46.2 Å². The second kappa shape index (κ2) is 8.19. The van der Waals surface area contributed by atoms with Crippen molar-refractivity contribution >= 4 is 5.97 Å². The van der Waals surface area contributed by atoms with Gasteiger partial charge in [-0.3, -0.25) is 4.79 Å². The highest BCUT2D eigenvalue weighted by Crippen LogP contribution is 2.59. The topological polar surface area (TPSA) is 68.5 Å². The van der Waals surface area contributed by atoms with Gasteiger partial charge in [0.05, 0.1) is 30.8 Å². The lowest BCUT2D eigenvalue weighted by Gasteiger charge is -2.12. The van der Waals surface area contributed by atoms with E-state index >= 15 is 0 Å². The van der Waals surface area contributed by atoms with Gasteiger partial charge < -0.3 is 14.2 Å². The molecule has 0 heterocycles. The molecule has 1 aromatic carbocycles. The number of hydrogen-bond donors (Lipinski definition) is 0. The van der Waals surface area contributed by atoms with Gasteiger partial charge in [0.15, 0.2) is 29.0 Å². The molecule has 0 aromatic heterocycles. The molecule has 0 spiro atoms. The van der Waals surface area contributed by atoms with E-state index in [1.807, 2.05) is 6.07 Å². The number of rotatable bonds is 7. The first kappa shape index (κ1) is 21.7. The largest absolute Gasteiger partial charge is 0.487 e. The Labute approximate surface area is 159 Å². The Kier molecular flexibility index (Phi) is 6.34. The first-order valence-corrected chi connectivity index (χ1v) is 8.26. The minimum Gasteiger partial charge on any atom is -0.487 e. The maximum absolute atomic E-state index is 14.1. The van der Waals surface area contributed by atoms with Crippen molar-refractivity contribution in [3.8, 4) is 6.07 Å². The maximum atomic E-state index is 14.1. The van der Waals surface area contributed by atoms with Crippen molar-refractivity contribution in [2.24, 2.45) is 17.3 Å². The Morgan fingerprint density at radius 2 is 1.57 bits per heavy atom. The summed E-state index contributed by atoms with van der Waals surface area (Å²) in [5.41, 5.74) is -2.48. The average molecular weight is 401 g/mol. The number of esters is 1. The van der Waals surface area contributed by atoms with Gasteiger partial charge in [0.2, 0.25) is 0 Å². The maximum Gasteiger partial charge on any atom is 0.310 e. The van der Waals surface area contributed by atoms with Gasteiger partial charge in [-0.1, -0.05) is 13.8 Å². The number of halogens is 4. The number of carbonyl (C=O) groups is 1.